The summed E-state index contributed by atoms with van der Waals surface area (Å²) in [5, 5.41) is 0. The maximum Gasteiger partial charge on any atom is 2.00 e. The molecule has 0 aromatic carbocycles. The molecule has 0 N–H and O–H groups in total. The Morgan fingerprint density at radius 2 is 1.00 bits per heavy atom. The van der Waals surface area contributed by atoms with Crippen molar-refractivity contribution in [1.29, 1.82) is 0 Å². The minimum Gasteiger partial charge on any atom is 2.00 e. The van der Waals surface area contributed by atoms with Crippen LogP contribution in [-0.4, -0.2) is 41.8 Å². The molecule has 0 nitrogen and oxygen atoms in total. The maximum absolute atomic E-state index is 2.26. The predicted octanol–water partition coefficient (Wildman–Crippen LogP) is 4.54. The monoisotopic (exact) mass is 558 g/mol. The molecule has 0 aliphatic heterocycles. The van der Waals surface area contributed by atoms with E-state index in [9.17, 15) is 0 Å². The molecule has 2 aliphatic carbocycles. The molecule has 2 fully saturated rings. The molecule has 0 aromatic heterocycles. The minimum absolute atomic E-state index is 0. The van der Waals surface area contributed by atoms with Gasteiger partial charge in [0.1, 0.15) is 0 Å². The summed E-state index contributed by atoms with van der Waals surface area (Å²) in [6.45, 7) is 4.52. The van der Waals surface area contributed by atoms with Crippen LogP contribution < -0.4 is 0 Å². The van der Waals surface area contributed by atoms with Crippen LogP contribution in [0.2, 0.25) is 8.94 Å². The first-order valence-corrected chi connectivity index (χ1v) is 13.2. The zero-order valence-electron chi connectivity index (χ0n) is 13.0. The Balaban J connectivity index is 0.000000364. The molecule has 0 spiro atoms. The van der Waals surface area contributed by atoms with Gasteiger partial charge in [-0.05, 0) is 0 Å². The van der Waals surface area contributed by atoms with Crippen LogP contribution in [0.1, 0.15) is 39.5 Å². The molecule has 2 saturated carbocycles. The topological polar surface area (TPSA) is 0 Å². The molecule has 0 heterocycles. The first-order valence-electron chi connectivity index (χ1n) is 7.55. The third-order valence-electron chi connectivity index (χ3n) is 2.80. The van der Waals surface area contributed by atoms with Gasteiger partial charge in [0, 0.05) is 0 Å². The molecule has 0 aromatic rings. The van der Waals surface area contributed by atoms with Crippen molar-refractivity contribution in [1.82, 2.24) is 0 Å². The van der Waals surface area contributed by atoms with Gasteiger partial charge in [0.2, 0.25) is 0 Å². The van der Waals surface area contributed by atoms with Crippen LogP contribution in [0.4, 0.5) is 0 Å². The molecule has 2 rings (SSSR count). The molecule has 0 amide bonds. The molecule has 2 aliphatic rings. The third kappa shape index (κ3) is 13.1. The average molecular weight is 553 g/mol. The van der Waals surface area contributed by atoms with Gasteiger partial charge in [-0.1, -0.05) is 0 Å². The second-order valence-corrected chi connectivity index (χ2v) is 11.3. The van der Waals surface area contributed by atoms with E-state index in [1.165, 1.54) is 34.6 Å². The summed E-state index contributed by atoms with van der Waals surface area (Å²) in [5.74, 6) is 0. The van der Waals surface area contributed by atoms with Gasteiger partial charge in [-0.2, -0.15) is 0 Å². The number of hydrogen-bond acceptors (Lipinski definition) is 0. The van der Waals surface area contributed by atoms with Crippen LogP contribution >= 0.6 is 0 Å². The summed E-state index contributed by atoms with van der Waals surface area (Å²) < 4.78 is 6.20. The van der Waals surface area contributed by atoms with Crippen LogP contribution in [0.25, 0.3) is 0 Å². The Hall–Kier alpha value is 2.10. The minimum atomic E-state index is 0. The predicted molar refractivity (Wildman–Crippen MR) is 91.8 cm³/mol. The molecular formula is C18H26FeTe2+2. The van der Waals surface area contributed by atoms with Crippen molar-refractivity contribution in [2.24, 2.45) is 0 Å². The van der Waals surface area contributed by atoms with Crippen LogP contribution in [0, 0.1) is 59.3 Å². The second kappa shape index (κ2) is 16.9. The van der Waals surface area contributed by atoms with Gasteiger partial charge < -0.3 is 0 Å². The fourth-order valence-corrected chi connectivity index (χ4v) is 7.39. The van der Waals surface area contributed by atoms with E-state index in [2.05, 4.69) is 65.2 Å². The Kier molecular flexibility index (Phi) is 18.6. The van der Waals surface area contributed by atoms with Crippen molar-refractivity contribution >= 4 is 41.8 Å². The van der Waals surface area contributed by atoms with Crippen molar-refractivity contribution in [2.75, 3.05) is 0 Å². The van der Waals surface area contributed by atoms with Gasteiger partial charge in [-0.3, -0.25) is 0 Å². The fraction of sp³-hybridized carbons (Fsp3) is 0.444. The average Bonchev–Trinajstić information content (AvgIpc) is 3.13. The van der Waals surface area contributed by atoms with Gasteiger partial charge in [-0.25, -0.2) is 0 Å². The summed E-state index contributed by atoms with van der Waals surface area (Å²) in [6.07, 6.45) is 23.2. The quantitative estimate of drug-likeness (QED) is 0.306. The largest absolute Gasteiger partial charge is 2.00 e. The first-order chi connectivity index (χ1) is 9.86. The van der Waals surface area contributed by atoms with E-state index in [1.54, 1.807) is 7.93 Å². The Labute approximate surface area is 165 Å². The van der Waals surface area contributed by atoms with Gasteiger partial charge >= 0.3 is 167 Å². The van der Waals surface area contributed by atoms with Crippen molar-refractivity contribution in [2.45, 2.75) is 48.5 Å². The zero-order chi connectivity index (χ0) is 14.5. The molecular weight excluding hydrogens is 527 g/mol. The molecule has 0 atom stereocenters. The van der Waals surface area contributed by atoms with Gasteiger partial charge in [0.25, 0.3) is 0 Å². The maximum atomic E-state index is 2.26. The van der Waals surface area contributed by atoms with E-state index in [1.807, 2.05) is 0 Å². The third-order valence-corrected chi connectivity index (χ3v) is 9.07. The SMILES string of the molecule is CCCC[Te][C]1[CH][CH][CH][CH]1.CCCC[Te][C]1[CH][CH][CH][CH]1.[Fe+2]. The standard InChI is InChI=1S/2C9H13Te.Fe/c2*1-2-3-8-10-9-6-4-5-7-9;/h2*4-7H,2-3,8H2,1H3;/q;;+2. The number of unbranched alkanes of at least 4 members (excludes halogenated alkanes) is 2. The summed E-state index contributed by atoms with van der Waals surface area (Å²) >= 11 is 0.386. The Morgan fingerprint density at radius 1 is 0.667 bits per heavy atom. The van der Waals surface area contributed by atoms with Gasteiger partial charge in [0.15, 0.2) is 0 Å². The number of hydrogen-bond donors (Lipinski definition) is 0. The molecule has 116 valence electrons. The Bertz CT molecular complexity index is 177. The van der Waals surface area contributed by atoms with Gasteiger partial charge in [0.05, 0.1) is 0 Å². The van der Waals surface area contributed by atoms with E-state index in [0.29, 0.717) is 0 Å². The van der Waals surface area contributed by atoms with Crippen LogP contribution in [0.15, 0.2) is 0 Å². The Morgan fingerprint density at radius 3 is 1.29 bits per heavy atom. The molecule has 0 bridgehead atoms. The van der Waals surface area contributed by atoms with Crippen molar-refractivity contribution in [3.05, 3.63) is 59.3 Å². The molecule has 0 unspecified atom stereocenters. The first kappa shape index (κ1) is 23.1. The summed E-state index contributed by atoms with van der Waals surface area (Å²) in [7, 11) is 0. The number of rotatable bonds is 8. The zero-order valence-corrected chi connectivity index (χ0v) is 18.8. The second-order valence-electron chi connectivity index (χ2n) is 4.65. The van der Waals surface area contributed by atoms with E-state index >= 15 is 0 Å². The molecule has 3 heteroatoms. The van der Waals surface area contributed by atoms with E-state index in [4.69, 9.17) is 0 Å². The smallest absolute Gasteiger partial charge is 2.00 e. The van der Waals surface area contributed by atoms with E-state index in [0.717, 1.165) is 0 Å². The molecule has 10 radical (unpaired) electrons. The molecule has 0 saturated heterocycles. The summed E-state index contributed by atoms with van der Waals surface area (Å²) in [5.41, 5.74) is 0. The summed E-state index contributed by atoms with van der Waals surface area (Å²) in [6, 6.07) is 0. The van der Waals surface area contributed by atoms with E-state index < -0.39 is 0 Å². The van der Waals surface area contributed by atoms with Crippen molar-refractivity contribution in [3.63, 3.8) is 0 Å². The fourth-order valence-electron chi connectivity index (χ4n) is 1.57. The van der Waals surface area contributed by atoms with Crippen LogP contribution in [-0.2, 0) is 17.1 Å². The van der Waals surface area contributed by atoms with Crippen molar-refractivity contribution < 1.29 is 17.1 Å². The normalized spacial score (nSPS) is 19.1. The van der Waals surface area contributed by atoms with E-state index in [-0.39, 0.29) is 58.9 Å². The summed E-state index contributed by atoms with van der Waals surface area (Å²) in [4.78, 5) is 0. The van der Waals surface area contributed by atoms with Crippen LogP contribution in [0.5, 0.6) is 0 Å². The van der Waals surface area contributed by atoms with Crippen LogP contribution in [0.3, 0.4) is 0 Å². The van der Waals surface area contributed by atoms with Crippen molar-refractivity contribution in [3.8, 4) is 0 Å². The van der Waals surface area contributed by atoms with Gasteiger partial charge in [-0.15, -0.1) is 0 Å². The molecule has 21 heavy (non-hydrogen) atoms.